The summed E-state index contributed by atoms with van der Waals surface area (Å²) in [6.45, 7) is 10.1. The van der Waals surface area contributed by atoms with Crippen LogP contribution in [0.2, 0.25) is 0 Å². The van der Waals surface area contributed by atoms with Crippen molar-refractivity contribution in [1.29, 1.82) is 0 Å². The van der Waals surface area contributed by atoms with E-state index in [4.69, 9.17) is 0 Å². The van der Waals surface area contributed by atoms with E-state index >= 15 is 0 Å². The second-order valence-corrected chi connectivity index (χ2v) is 4.94. The maximum Gasteiger partial charge on any atom is 0.0454 e. The Labute approximate surface area is 103 Å². The van der Waals surface area contributed by atoms with Gasteiger partial charge in [0.05, 0.1) is 0 Å². The van der Waals surface area contributed by atoms with Gasteiger partial charge in [0.15, 0.2) is 0 Å². The van der Waals surface area contributed by atoms with E-state index in [1.165, 1.54) is 44.9 Å². The van der Waals surface area contributed by atoms with Crippen LogP contribution in [0.3, 0.4) is 0 Å². The topological polar surface area (TPSA) is 24.1 Å². The summed E-state index contributed by atoms with van der Waals surface area (Å²) in [5.41, 5.74) is 0. The van der Waals surface area contributed by atoms with Crippen LogP contribution in [-0.2, 0) is 0 Å². The Morgan fingerprint density at radius 2 is 1.62 bits per heavy atom. The molecule has 0 saturated carbocycles. The average molecular weight is 228 g/mol. The second kappa shape index (κ2) is 13.0. The molecule has 0 aliphatic heterocycles. The van der Waals surface area contributed by atoms with Crippen LogP contribution < -0.4 is 10.6 Å². The molecule has 16 heavy (non-hydrogen) atoms. The minimum absolute atomic E-state index is 0.824. The Morgan fingerprint density at radius 3 is 2.31 bits per heavy atom. The zero-order valence-corrected chi connectivity index (χ0v) is 11.6. The molecular weight excluding hydrogens is 196 g/mol. The largest absolute Gasteiger partial charge is 0.304 e. The number of hydrogen-bond acceptors (Lipinski definition) is 2. The Kier molecular flexibility index (Phi) is 12.9. The highest BCUT2D eigenvalue weighted by Gasteiger charge is 2.00. The normalized spacial score (nSPS) is 12.9. The summed E-state index contributed by atoms with van der Waals surface area (Å²) in [7, 11) is 0. The van der Waals surface area contributed by atoms with Crippen molar-refractivity contribution in [3.8, 4) is 0 Å². The lowest BCUT2D eigenvalue weighted by Crippen LogP contribution is -2.32. The highest BCUT2D eigenvalue weighted by atomic mass is 15.0. The third-order valence-electron chi connectivity index (χ3n) is 3.00. The molecule has 98 valence electrons. The molecule has 0 aromatic heterocycles. The Bertz CT molecular complexity index is 126. The Morgan fingerprint density at radius 1 is 0.875 bits per heavy atom. The molecule has 2 heteroatoms. The fraction of sp³-hybridized carbons (Fsp3) is 1.00. The van der Waals surface area contributed by atoms with Crippen LogP contribution in [0.1, 0.15) is 65.7 Å². The standard InChI is InChI=1S/C14H32N2/c1-4-6-8-9-10-14(3)12-16-13-15-11-7-5-2/h14-16H,4-13H2,1-3H3. The first kappa shape index (κ1) is 15.9. The summed E-state index contributed by atoms with van der Waals surface area (Å²) < 4.78 is 0. The summed E-state index contributed by atoms with van der Waals surface area (Å²) in [5, 5.41) is 6.88. The SMILES string of the molecule is CCCCCCC(C)CNCNCCCC. The summed E-state index contributed by atoms with van der Waals surface area (Å²) in [4.78, 5) is 0. The Hall–Kier alpha value is -0.0800. The van der Waals surface area contributed by atoms with Gasteiger partial charge in [-0.25, -0.2) is 0 Å². The molecule has 0 aromatic rings. The van der Waals surface area contributed by atoms with Crippen LogP contribution in [0.5, 0.6) is 0 Å². The molecule has 1 unspecified atom stereocenters. The van der Waals surface area contributed by atoms with Gasteiger partial charge in [-0.3, -0.25) is 0 Å². The first-order valence-electron chi connectivity index (χ1n) is 7.22. The van der Waals surface area contributed by atoms with Crippen molar-refractivity contribution in [3.05, 3.63) is 0 Å². The molecule has 0 saturated heterocycles. The van der Waals surface area contributed by atoms with E-state index in [0.29, 0.717) is 0 Å². The highest BCUT2D eigenvalue weighted by molar-refractivity contribution is 4.57. The second-order valence-electron chi connectivity index (χ2n) is 4.94. The van der Waals surface area contributed by atoms with Crippen LogP contribution in [0.15, 0.2) is 0 Å². The van der Waals surface area contributed by atoms with Crippen LogP contribution in [0.25, 0.3) is 0 Å². The lowest BCUT2D eigenvalue weighted by atomic mass is 10.0. The molecule has 0 spiro atoms. The fourth-order valence-electron chi connectivity index (χ4n) is 1.82. The highest BCUT2D eigenvalue weighted by Crippen LogP contribution is 2.09. The van der Waals surface area contributed by atoms with E-state index in [2.05, 4.69) is 31.4 Å². The van der Waals surface area contributed by atoms with Crippen LogP contribution >= 0.6 is 0 Å². The average Bonchev–Trinajstić information content (AvgIpc) is 2.29. The molecule has 0 aliphatic carbocycles. The zero-order chi connectivity index (χ0) is 12.1. The van der Waals surface area contributed by atoms with Gasteiger partial charge < -0.3 is 10.6 Å². The summed E-state index contributed by atoms with van der Waals surface area (Å²) in [5.74, 6) is 0.824. The van der Waals surface area contributed by atoms with Gasteiger partial charge >= 0.3 is 0 Å². The molecule has 2 nitrogen and oxygen atoms in total. The van der Waals surface area contributed by atoms with E-state index in [0.717, 1.165) is 25.7 Å². The van der Waals surface area contributed by atoms with E-state index in [9.17, 15) is 0 Å². The van der Waals surface area contributed by atoms with E-state index in [-0.39, 0.29) is 0 Å². The Balaban J connectivity index is 3.08. The van der Waals surface area contributed by atoms with E-state index in [1.807, 2.05) is 0 Å². The van der Waals surface area contributed by atoms with Gasteiger partial charge in [-0.15, -0.1) is 0 Å². The first-order chi connectivity index (χ1) is 7.81. The maximum absolute atomic E-state index is 3.47. The molecule has 2 N–H and O–H groups in total. The molecule has 0 rings (SSSR count). The fourth-order valence-corrected chi connectivity index (χ4v) is 1.82. The molecule has 0 amide bonds. The number of rotatable bonds is 12. The van der Waals surface area contributed by atoms with Crippen molar-refractivity contribution in [2.75, 3.05) is 19.8 Å². The van der Waals surface area contributed by atoms with Crippen LogP contribution in [-0.4, -0.2) is 19.8 Å². The van der Waals surface area contributed by atoms with Crippen molar-refractivity contribution in [3.63, 3.8) is 0 Å². The molecule has 0 radical (unpaired) electrons. The van der Waals surface area contributed by atoms with Gasteiger partial charge in [0, 0.05) is 6.67 Å². The minimum Gasteiger partial charge on any atom is -0.304 e. The van der Waals surface area contributed by atoms with E-state index < -0.39 is 0 Å². The maximum atomic E-state index is 3.47. The molecule has 0 fully saturated rings. The third-order valence-corrected chi connectivity index (χ3v) is 3.00. The van der Waals surface area contributed by atoms with Gasteiger partial charge in [-0.05, 0) is 31.8 Å². The monoisotopic (exact) mass is 228 g/mol. The zero-order valence-electron chi connectivity index (χ0n) is 11.6. The van der Waals surface area contributed by atoms with Gasteiger partial charge in [0.25, 0.3) is 0 Å². The molecule has 0 heterocycles. The van der Waals surface area contributed by atoms with Crippen LogP contribution in [0.4, 0.5) is 0 Å². The molecular formula is C14H32N2. The van der Waals surface area contributed by atoms with Crippen molar-refractivity contribution < 1.29 is 0 Å². The summed E-state index contributed by atoms with van der Waals surface area (Å²) in [6, 6.07) is 0. The van der Waals surface area contributed by atoms with E-state index in [1.54, 1.807) is 0 Å². The summed E-state index contributed by atoms with van der Waals surface area (Å²) >= 11 is 0. The first-order valence-corrected chi connectivity index (χ1v) is 7.22. The van der Waals surface area contributed by atoms with Crippen molar-refractivity contribution in [1.82, 2.24) is 10.6 Å². The van der Waals surface area contributed by atoms with Gasteiger partial charge in [-0.1, -0.05) is 52.9 Å². The minimum atomic E-state index is 0.824. The van der Waals surface area contributed by atoms with Gasteiger partial charge in [-0.2, -0.15) is 0 Å². The van der Waals surface area contributed by atoms with Crippen LogP contribution in [0, 0.1) is 5.92 Å². The van der Waals surface area contributed by atoms with Crippen molar-refractivity contribution in [2.24, 2.45) is 5.92 Å². The molecule has 0 bridgehead atoms. The molecule has 1 atom stereocenters. The molecule has 0 aliphatic rings. The van der Waals surface area contributed by atoms with Gasteiger partial charge in [0.2, 0.25) is 0 Å². The predicted molar refractivity (Wildman–Crippen MR) is 73.7 cm³/mol. The summed E-state index contributed by atoms with van der Waals surface area (Å²) in [6.07, 6.45) is 9.50. The number of unbranched alkanes of at least 4 members (excludes halogenated alkanes) is 4. The number of nitrogens with one attached hydrogen (secondary N) is 2. The lowest BCUT2D eigenvalue weighted by Gasteiger charge is -2.12. The van der Waals surface area contributed by atoms with Crippen molar-refractivity contribution in [2.45, 2.75) is 65.7 Å². The van der Waals surface area contributed by atoms with Crippen molar-refractivity contribution >= 4 is 0 Å². The number of hydrogen-bond donors (Lipinski definition) is 2. The predicted octanol–water partition coefficient (Wildman–Crippen LogP) is 3.53. The lowest BCUT2D eigenvalue weighted by molar-refractivity contribution is 0.441. The smallest absolute Gasteiger partial charge is 0.0454 e. The van der Waals surface area contributed by atoms with Gasteiger partial charge in [0.1, 0.15) is 0 Å². The third kappa shape index (κ3) is 12.0. The molecule has 0 aromatic carbocycles. The quantitative estimate of drug-likeness (QED) is 0.394.